The van der Waals surface area contributed by atoms with Gasteiger partial charge in [-0.1, -0.05) is 6.07 Å². The van der Waals surface area contributed by atoms with Gasteiger partial charge in [-0.2, -0.15) is 0 Å². The van der Waals surface area contributed by atoms with E-state index in [9.17, 15) is 4.79 Å². The van der Waals surface area contributed by atoms with Crippen LogP contribution in [0.4, 0.5) is 5.69 Å². The highest BCUT2D eigenvalue weighted by Crippen LogP contribution is 2.21. The summed E-state index contributed by atoms with van der Waals surface area (Å²) in [6.07, 6.45) is 2.83. The molecule has 1 saturated heterocycles. The zero-order valence-corrected chi connectivity index (χ0v) is 12.3. The topological polar surface area (TPSA) is 67.6 Å². The second kappa shape index (κ2) is 6.45. The number of nitrogens with one attached hydrogen (secondary N) is 1. The fraction of sp³-hybridized carbons (Fsp3) is 0.562. The van der Waals surface area contributed by atoms with Crippen molar-refractivity contribution in [3.8, 4) is 0 Å². The lowest BCUT2D eigenvalue weighted by Gasteiger charge is -2.29. The fourth-order valence-electron chi connectivity index (χ4n) is 3.09. The fourth-order valence-corrected chi connectivity index (χ4v) is 3.09. The van der Waals surface area contributed by atoms with Gasteiger partial charge in [0, 0.05) is 38.0 Å². The zero-order chi connectivity index (χ0) is 14.7. The number of carbonyl (C=O) groups excluding carboxylic acids is 1. The standard InChI is InChI=1S/C16H23N3O2/c17-14-2-1-12-3-6-19(10-13(12)9-14)11-16(20)18-15-4-7-21-8-5-15/h1-2,9,15H,3-8,10-11,17H2,(H,18,20). The van der Waals surface area contributed by atoms with Crippen LogP contribution in [0.2, 0.25) is 0 Å². The molecule has 3 rings (SSSR count). The van der Waals surface area contributed by atoms with Crippen LogP contribution in [0.5, 0.6) is 0 Å². The molecule has 21 heavy (non-hydrogen) atoms. The molecular formula is C16H23N3O2. The summed E-state index contributed by atoms with van der Waals surface area (Å²) in [6, 6.07) is 6.35. The van der Waals surface area contributed by atoms with E-state index < -0.39 is 0 Å². The number of hydrogen-bond donors (Lipinski definition) is 2. The van der Waals surface area contributed by atoms with Gasteiger partial charge >= 0.3 is 0 Å². The number of nitrogen functional groups attached to an aromatic ring is 1. The molecule has 0 unspecified atom stereocenters. The molecule has 5 heteroatoms. The maximum absolute atomic E-state index is 12.1. The third-order valence-corrected chi connectivity index (χ3v) is 4.28. The third kappa shape index (κ3) is 3.74. The molecular weight excluding hydrogens is 266 g/mol. The van der Waals surface area contributed by atoms with Crippen LogP contribution in [0.1, 0.15) is 24.0 Å². The van der Waals surface area contributed by atoms with Crippen molar-refractivity contribution < 1.29 is 9.53 Å². The normalized spacial score (nSPS) is 20.0. The first kappa shape index (κ1) is 14.4. The number of anilines is 1. The first-order valence-electron chi connectivity index (χ1n) is 7.67. The van der Waals surface area contributed by atoms with Crippen LogP contribution in [0.15, 0.2) is 18.2 Å². The molecule has 1 fully saturated rings. The Hall–Kier alpha value is -1.59. The van der Waals surface area contributed by atoms with Crippen LogP contribution in [-0.4, -0.2) is 43.2 Å². The van der Waals surface area contributed by atoms with Crippen molar-refractivity contribution >= 4 is 11.6 Å². The summed E-state index contributed by atoms with van der Waals surface area (Å²) in [5.41, 5.74) is 9.24. The van der Waals surface area contributed by atoms with E-state index in [0.717, 1.165) is 51.3 Å². The lowest BCUT2D eigenvalue weighted by atomic mass is 9.99. The van der Waals surface area contributed by atoms with Gasteiger partial charge in [0.1, 0.15) is 0 Å². The van der Waals surface area contributed by atoms with Gasteiger partial charge < -0.3 is 15.8 Å². The Labute approximate surface area is 125 Å². The quantitative estimate of drug-likeness (QED) is 0.812. The smallest absolute Gasteiger partial charge is 0.234 e. The number of carbonyl (C=O) groups is 1. The minimum atomic E-state index is 0.120. The van der Waals surface area contributed by atoms with Gasteiger partial charge in [0.15, 0.2) is 0 Å². The molecule has 0 radical (unpaired) electrons. The Morgan fingerprint density at radius 2 is 2.14 bits per heavy atom. The maximum Gasteiger partial charge on any atom is 0.234 e. The lowest BCUT2D eigenvalue weighted by Crippen LogP contribution is -2.45. The van der Waals surface area contributed by atoms with Crippen LogP contribution in [0.25, 0.3) is 0 Å². The lowest BCUT2D eigenvalue weighted by molar-refractivity contribution is -0.123. The number of hydrogen-bond acceptors (Lipinski definition) is 4. The van der Waals surface area contributed by atoms with Gasteiger partial charge in [-0.3, -0.25) is 9.69 Å². The van der Waals surface area contributed by atoms with Gasteiger partial charge in [0.2, 0.25) is 5.91 Å². The average Bonchev–Trinajstić information content (AvgIpc) is 2.47. The average molecular weight is 289 g/mol. The van der Waals surface area contributed by atoms with E-state index in [2.05, 4.69) is 16.3 Å². The minimum absolute atomic E-state index is 0.120. The largest absolute Gasteiger partial charge is 0.399 e. The molecule has 1 aromatic carbocycles. The summed E-state index contributed by atoms with van der Waals surface area (Å²) in [4.78, 5) is 14.3. The number of nitrogens with two attached hydrogens (primary N) is 1. The Morgan fingerprint density at radius 3 is 2.95 bits per heavy atom. The first-order chi connectivity index (χ1) is 10.2. The Kier molecular flexibility index (Phi) is 4.41. The minimum Gasteiger partial charge on any atom is -0.399 e. The van der Waals surface area contributed by atoms with E-state index >= 15 is 0 Å². The molecule has 0 bridgehead atoms. The molecule has 2 heterocycles. The molecule has 1 amide bonds. The van der Waals surface area contributed by atoms with E-state index in [4.69, 9.17) is 10.5 Å². The van der Waals surface area contributed by atoms with E-state index in [1.807, 2.05) is 12.1 Å². The summed E-state index contributed by atoms with van der Waals surface area (Å²) in [7, 11) is 0. The van der Waals surface area contributed by atoms with Crippen molar-refractivity contribution in [2.75, 3.05) is 32.0 Å². The van der Waals surface area contributed by atoms with Gasteiger partial charge in [-0.25, -0.2) is 0 Å². The van der Waals surface area contributed by atoms with Crippen molar-refractivity contribution in [3.63, 3.8) is 0 Å². The number of rotatable bonds is 3. The first-order valence-corrected chi connectivity index (χ1v) is 7.67. The Bertz CT molecular complexity index is 512. The second-order valence-electron chi connectivity index (χ2n) is 5.94. The molecule has 1 aromatic rings. The van der Waals surface area contributed by atoms with Crippen molar-refractivity contribution in [2.24, 2.45) is 0 Å². The van der Waals surface area contributed by atoms with Crippen LogP contribution in [0, 0.1) is 0 Å². The zero-order valence-electron chi connectivity index (χ0n) is 12.3. The van der Waals surface area contributed by atoms with E-state index in [-0.39, 0.29) is 11.9 Å². The summed E-state index contributed by atoms with van der Waals surface area (Å²) in [6.45, 7) is 3.70. The third-order valence-electron chi connectivity index (χ3n) is 4.28. The SMILES string of the molecule is Nc1ccc2c(c1)CN(CC(=O)NC1CCOCC1)CC2. The highest BCUT2D eigenvalue weighted by molar-refractivity contribution is 5.78. The second-order valence-corrected chi connectivity index (χ2v) is 5.94. The van der Waals surface area contributed by atoms with E-state index in [1.54, 1.807) is 0 Å². The molecule has 3 N–H and O–H groups in total. The molecule has 2 aliphatic heterocycles. The predicted octanol–water partition coefficient (Wildman–Crippen LogP) is 0.922. The number of amides is 1. The number of benzene rings is 1. The predicted molar refractivity (Wildman–Crippen MR) is 81.8 cm³/mol. The number of fused-ring (bicyclic) bond motifs is 1. The molecule has 0 aromatic heterocycles. The number of ether oxygens (including phenoxy) is 1. The molecule has 0 spiro atoms. The van der Waals surface area contributed by atoms with Gasteiger partial charge in [-0.05, 0) is 42.5 Å². The maximum atomic E-state index is 12.1. The highest BCUT2D eigenvalue weighted by atomic mass is 16.5. The van der Waals surface area contributed by atoms with Gasteiger partial charge in [0.25, 0.3) is 0 Å². The van der Waals surface area contributed by atoms with E-state index in [0.29, 0.717) is 6.54 Å². The van der Waals surface area contributed by atoms with Crippen molar-refractivity contribution in [1.29, 1.82) is 0 Å². The monoisotopic (exact) mass is 289 g/mol. The summed E-state index contributed by atoms with van der Waals surface area (Å²) in [5, 5.41) is 3.12. The summed E-state index contributed by atoms with van der Waals surface area (Å²) in [5.74, 6) is 0.120. The molecule has 114 valence electrons. The molecule has 0 aliphatic carbocycles. The van der Waals surface area contributed by atoms with Crippen molar-refractivity contribution in [3.05, 3.63) is 29.3 Å². The van der Waals surface area contributed by atoms with E-state index in [1.165, 1.54) is 11.1 Å². The Balaban J connectivity index is 1.53. The van der Waals surface area contributed by atoms with Crippen LogP contribution >= 0.6 is 0 Å². The van der Waals surface area contributed by atoms with Crippen LogP contribution in [-0.2, 0) is 22.5 Å². The molecule has 2 aliphatic rings. The highest BCUT2D eigenvalue weighted by Gasteiger charge is 2.21. The summed E-state index contributed by atoms with van der Waals surface area (Å²) < 4.78 is 5.31. The number of nitrogens with zero attached hydrogens (tertiary/aromatic N) is 1. The summed E-state index contributed by atoms with van der Waals surface area (Å²) >= 11 is 0. The molecule has 0 saturated carbocycles. The van der Waals surface area contributed by atoms with Crippen molar-refractivity contribution in [2.45, 2.75) is 31.8 Å². The van der Waals surface area contributed by atoms with Crippen molar-refractivity contribution in [1.82, 2.24) is 10.2 Å². The van der Waals surface area contributed by atoms with Gasteiger partial charge in [0.05, 0.1) is 6.54 Å². The van der Waals surface area contributed by atoms with Crippen LogP contribution in [0.3, 0.4) is 0 Å². The molecule has 5 nitrogen and oxygen atoms in total. The Morgan fingerprint density at radius 1 is 1.33 bits per heavy atom. The van der Waals surface area contributed by atoms with Gasteiger partial charge in [-0.15, -0.1) is 0 Å². The van der Waals surface area contributed by atoms with Crippen LogP contribution < -0.4 is 11.1 Å². The molecule has 0 atom stereocenters.